The smallest absolute Gasteiger partial charge is 0.227 e. The maximum atomic E-state index is 12.4. The van der Waals surface area contributed by atoms with Crippen molar-refractivity contribution in [3.63, 3.8) is 0 Å². The van der Waals surface area contributed by atoms with Crippen LogP contribution in [0.3, 0.4) is 0 Å². The molecule has 0 spiro atoms. The molecule has 4 nitrogen and oxygen atoms in total. The van der Waals surface area contributed by atoms with Gasteiger partial charge in [0.15, 0.2) is 0 Å². The largest absolute Gasteiger partial charge is 0.496 e. The summed E-state index contributed by atoms with van der Waals surface area (Å²) in [4.78, 5) is 12.4. The van der Waals surface area contributed by atoms with E-state index >= 15 is 0 Å². The highest BCUT2D eigenvalue weighted by molar-refractivity contribution is 5.93. The topological polar surface area (TPSA) is 64.3 Å². The molecule has 2 aromatic carbocycles. The molecule has 0 aromatic heterocycles. The monoisotopic (exact) mass is 324 g/mol. The lowest BCUT2D eigenvalue weighted by Crippen LogP contribution is -2.23. The molecule has 2 aromatic rings. The van der Waals surface area contributed by atoms with Crippen LogP contribution in [0.2, 0.25) is 0 Å². The van der Waals surface area contributed by atoms with Crippen LogP contribution < -0.4 is 15.8 Å². The Hall–Kier alpha value is -2.33. The van der Waals surface area contributed by atoms with Crippen LogP contribution in [0.15, 0.2) is 48.5 Å². The van der Waals surface area contributed by atoms with Crippen molar-refractivity contribution in [2.45, 2.75) is 31.7 Å². The molecule has 0 radical (unpaired) electrons. The van der Waals surface area contributed by atoms with Crippen LogP contribution >= 0.6 is 0 Å². The second-order valence-corrected chi connectivity index (χ2v) is 6.45. The number of anilines is 1. The van der Waals surface area contributed by atoms with Crippen molar-refractivity contribution >= 4 is 11.6 Å². The molecule has 1 aliphatic carbocycles. The van der Waals surface area contributed by atoms with Gasteiger partial charge in [-0.05, 0) is 43.0 Å². The summed E-state index contributed by atoms with van der Waals surface area (Å²) in [6.07, 6.45) is 3.35. The zero-order valence-electron chi connectivity index (χ0n) is 14.0. The highest BCUT2D eigenvalue weighted by Crippen LogP contribution is 2.28. The predicted octanol–water partition coefficient (Wildman–Crippen LogP) is 3.35. The van der Waals surface area contributed by atoms with Crippen LogP contribution in [0.4, 0.5) is 5.69 Å². The van der Waals surface area contributed by atoms with E-state index in [2.05, 4.69) is 17.4 Å². The number of amides is 1. The van der Waals surface area contributed by atoms with Gasteiger partial charge < -0.3 is 15.8 Å². The summed E-state index contributed by atoms with van der Waals surface area (Å²) in [6, 6.07) is 16.2. The van der Waals surface area contributed by atoms with E-state index in [0.717, 1.165) is 42.7 Å². The van der Waals surface area contributed by atoms with Gasteiger partial charge in [-0.3, -0.25) is 4.79 Å². The molecular formula is C20H24N2O2. The first-order valence-corrected chi connectivity index (χ1v) is 8.43. The Morgan fingerprint density at radius 1 is 1.21 bits per heavy atom. The lowest BCUT2D eigenvalue weighted by molar-refractivity contribution is -0.119. The number of ether oxygens (including phenoxy) is 1. The summed E-state index contributed by atoms with van der Waals surface area (Å²) in [5.41, 5.74) is 8.99. The zero-order valence-corrected chi connectivity index (χ0v) is 14.0. The van der Waals surface area contributed by atoms with E-state index in [4.69, 9.17) is 10.5 Å². The lowest BCUT2D eigenvalue weighted by atomic mass is 10.0. The molecule has 4 heteroatoms. The second kappa shape index (κ2) is 7.49. The predicted molar refractivity (Wildman–Crippen MR) is 96.2 cm³/mol. The molecule has 1 aliphatic rings. The average molecular weight is 324 g/mol. The number of carbonyl (C=O) groups excluding carboxylic acids is 1. The first-order chi connectivity index (χ1) is 11.7. The Morgan fingerprint density at radius 2 is 2.00 bits per heavy atom. The Morgan fingerprint density at radius 3 is 2.67 bits per heavy atom. The summed E-state index contributed by atoms with van der Waals surface area (Å²) in [5, 5.41) is 3.03. The van der Waals surface area contributed by atoms with Gasteiger partial charge in [0.25, 0.3) is 0 Å². The van der Waals surface area contributed by atoms with Crippen LogP contribution in [0.1, 0.15) is 30.4 Å². The van der Waals surface area contributed by atoms with E-state index in [0.29, 0.717) is 0 Å². The molecule has 0 aliphatic heterocycles. The maximum Gasteiger partial charge on any atom is 0.227 e. The minimum Gasteiger partial charge on any atom is -0.496 e. The van der Waals surface area contributed by atoms with E-state index in [1.807, 2.05) is 36.4 Å². The minimum absolute atomic E-state index is 0.0275. The van der Waals surface area contributed by atoms with Crippen LogP contribution in [-0.4, -0.2) is 19.1 Å². The van der Waals surface area contributed by atoms with Crippen molar-refractivity contribution in [1.82, 2.24) is 0 Å². The van der Waals surface area contributed by atoms with Gasteiger partial charge in [0.1, 0.15) is 5.75 Å². The minimum atomic E-state index is 0.0275. The SMILES string of the molecule is COc1ccc(NC(=O)C2CCC(N)C2)cc1Cc1ccccc1. The standard InChI is InChI=1S/C20H24N2O2/c1-24-19-10-9-18(22-20(23)15-7-8-17(21)12-15)13-16(19)11-14-5-3-2-4-6-14/h2-6,9-10,13,15,17H,7-8,11-12,21H2,1H3,(H,22,23). The lowest BCUT2D eigenvalue weighted by Gasteiger charge is -2.14. The molecule has 24 heavy (non-hydrogen) atoms. The normalized spacial score (nSPS) is 19.9. The van der Waals surface area contributed by atoms with Crippen LogP contribution in [0.5, 0.6) is 5.75 Å². The number of rotatable bonds is 5. The van der Waals surface area contributed by atoms with E-state index in [9.17, 15) is 4.79 Å². The van der Waals surface area contributed by atoms with Gasteiger partial charge in [-0.15, -0.1) is 0 Å². The quantitative estimate of drug-likeness (QED) is 0.886. The molecular weight excluding hydrogens is 300 g/mol. The third-order valence-corrected chi connectivity index (χ3v) is 4.63. The number of methoxy groups -OCH3 is 1. The van der Waals surface area contributed by atoms with Crippen LogP contribution in [0.25, 0.3) is 0 Å². The van der Waals surface area contributed by atoms with E-state index in [1.54, 1.807) is 7.11 Å². The zero-order chi connectivity index (χ0) is 16.9. The van der Waals surface area contributed by atoms with Crippen molar-refractivity contribution in [2.75, 3.05) is 12.4 Å². The van der Waals surface area contributed by atoms with Crippen LogP contribution in [0, 0.1) is 5.92 Å². The molecule has 0 heterocycles. The molecule has 0 saturated heterocycles. The molecule has 2 atom stereocenters. The third-order valence-electron chi connectivity index (χ3n) is 4.63. The van der Waals surface area contributed by atoms with Crippen molar-refractivity contribution < 1.29 is 9.53 Å². The Kier molecular flexibility index (Phi) is 5.16. The number of nitrogens with two attached hydrogens (primary N) is 1. The second-order valence-electron chi connectivity index (χ2n) is 6.45. The van der Waals surface area contributed by atoms with E-state index < -0.39 is 0 Å². The summed E-state index contributed by atoms with van der Waals surface area (Å²) >= 11 is 0. The van der Waals surface area contributed by atoms with Crippen molar-refractivity contribution in [1.29, 1.82) is 0 Å². The fourth-order valence-electron chi connectivity index (χ4n) is 3.31. The molecule has 126 valence electrons. The molecule has 2 unspecified atom stereocenters. The fourth-order valence-corrected chi connectivity index (χ4v) is 3.31. The van der Waals surface area contributed by atoms with E-state index in [1.165, 1.54) is 5.56 Å². The van der Waals surface area contributed by atoms with Gasteiger partial charge in [-0.1, -0.05) is 30.3 Å². The van der Waals surface area contributed by atoms with Gasteiger partial charge in [-0.25, -0.2) is 0 Å². The highest BCUT2D eigenvalue weighted by atomic mass is 16.5. The molecule has 0 bridgehead atoms. The number of benzene rings is 2. The molecule has 1 fully saturated rings. The van der Waals surface area contributed by atoms with E-state index in [-0.39, 0.29) is 17.9 Å². The van der Waals surface area contributed by atoms with Gasteiger partial charge in [0.2, 0.25) is 5.91 Å². The summed E-state index contributed by atoms with van der Waals surface area (Å²) in [7, 11) is 1.67. The van der Waals surface area contributed by atoms with Crippen molar-refractivity contribution in [2.24, 2.45) is 11.7 Å². The average Bonchev–Trinajstić information content (AvgIpc) is 3.03. The van der Waals surface area contributed by atoms with Gasteiger partial charge in [0, 0.05) is 29.6 Å². The Bertz CT molecular complexity index is 700. The van der Waals surface area contributed by atoms with Crippen molar-refractivity contribution in [3.8, 4) is 5.75 Å². The number of hydrogen-bond acceptors (Lipinski definition) is 3. The number of hydrogen-bond donors (Lipinski definition) is 2. The first kappa shape index (κ1) is 16.5. The van der Waals surface area contributed by atoms with Gasteiger partial charge >= 0.3 is 0 Å². The van der Waals surface area contributed by atoms with Gasteiger partial charge in [-0.2, -0.15) is 0 Å². The third kappa shape index (κ3) is 3.95. The Labute approximate surface area is 143 Å². The number of nitrogens with one attached hydrogen (secondary N) is 1. The number of carbonyl (C=O) groups is 1. The summed E-state index contributed by atoms with van der Waals surface area (Å²) in [6.45, 7) is 0. The molecule has 3 rings (SSSR count). The molecule has 1 saturated carbocycles. The van der Waals surface area contributed by atoms with Crippen LogP contribution in [-0.2, 0) is 11.2 Å². The highest BCUT2D eigenvalue weighted by Gasteiger charge is 2.27. The summed E-state index contributed by atoms with van der Waals surface area (Å²) in [5.74, 6) is 0.929. The maximum absolute atomic E-state index is 12.4. The molecule has 3 N–H and O–H groups in total. The summed E-state index contributed by atoms with van der Waals surface area (Å²) < 4.78 is 5.46. The fraction of sp³-hybridized carbons (Fsp3) is 0.350. The van der Waals surface area contributed by atoms with Gasteiger partial charge in [0.05, 0.1) is 7.11 Å². The first-order valence-electron chi connectivity index (χ1n) is 8.43. The van der Waals surface area contributed by atoms with Crippen molar-refractivity contribution in [3.05, 3.63) is 59.7 Å². The Balaban J connectivity index is 1.74. The molecule has 1 amide bonds.